The molecule has 0 fully saturated rings. The summed E-state index contributed by atoms with van der Waals surface area (Å²) in [5.74, 6) is 1.09. The lowest BCUT2D eigenvalue weighted by Crippen LogP contribution is -2.53. The highest BCUT2D eigenvalue weighted by Gasteiger charge is 2.41. The molecule has 0 spiro atoms. The number of anilines is 2. The van der Waals surface area contributed by atoms with Crippen LogP contribution in [-0.4, -0.2) is 33.4 Å². The highest BCUT2D eigenvalue weighted by molar-refractivity contribution is 6.30. The smallest absolute Gasteiger partial charge is 0.237 e. The van der Waals surface area contributed by atoms with Crippen molar-refractivity contribution in [2.24, 2.45) is 5.73 Å². The van der Waals surface area contributed by atoms with E-state index >= 15 is 0 Å². The molecule has 1 amide bonds. The maximum absolute atomic E-state index is 13.4. The summed E-state index contributed by atoms with van der Waals surface area (Å²) in [7, 11) is 0. The highest BCUT2D eigenvalue weighted by atomic mass is 35.5. The zero-order chi connectivity index (χ0) is 21.5. The summed E-state index contributed by atoms with van der Waals surface area (Å²) in [5, 5.41) is 3.99. The minimum Gasteiger partial charge on any atom is -0.340 e. The molecular formula is C22H23ClFN5O. The van der Waals surface area contributed by atoms with Crippen molar-refractivity contribution in [1.82, 2.24) is 14.5 Å². The van der Waals surface area contributed by atoms with Gasteiger partial charge in [-0.1, -0.05) is 23.7 Å². The van der Waals surface area contributed by atoms with Crippen molar-refractivity contribution < 1.29 is 9.18 Å². The molecule has 8 heteroatoms. The Bertz CT molecular complexity index is 1090. The Balaban J connectivity index is 1.87. The molecule has 3 N–H and O–H groups in total. The number of nitrogens with zero attached hydrogens (tertiary/aromatic N) is 3. The second-order valence-corrected chi connectivity index (χ2v) is 8.17. The van der Waals surface area contributed by atoms with Crippen molar-refractivity contribution in [3.8, 4) is 11.3 Å². The number of halogens is 2. The first kappa shape index (κ1) is 20.4. The number of fused-ring (bicyclic) bond motifs is 1. The van der Waals surface area contributed by atoms with E-state index in [1.165, 1.54) is 12.1 Å². The van der Waals surface area contributed by atoms with Gasteiger partial charge in [0.05, 0.1) is 12.1 Å². The van der Waals surface area contributed by atoms with E-state index in [0.29, 0.717) is 23.8 Å². The fraction of sp³-hybridized carbons (Fsp3) is 0.273. The Morgan fingerprint density at radius 2 is 1.97 bits per heavy atom. The van der Waals surface area contributed by atoms with Gasteiger partial charge < -0.3 is 20.5 Å². The Morgan fingerprint density at radius 3 is 2.63 bits per heavy atom. The number of imidazole rings is 1. The van der Waals surface area contributed by atoms with Crippen LogP contribution in [0.3, 0.4) is 0 Å². The molecule has 0 radical (unpaired) electrons. The van der Waals surface area contributed by atoms with E-state index in [4.69, 9.17) is 22.3 Å². The van der Waals surface area contributed by atoms with Crippen molar-refractivity contribution in [1.29, 1.82) is 0 Å². The zero-order valence-electron chi connectivity index (χ0n) is 16.8. The number of carbonyl (C=O) groups is 1. The van der Waals surface area contributed by atoms with E-state index < -0.39 is 5.54 Å². The van der Waals surface area contributed by atoms with Crippen molar-refractivity contribution in [2.45, 2.75) is 25.9 Å². The summed E-state index contributed by atoms with van der Waals surface area (Å²) in [4.78, 5) is 19.1. The van der Waals surface area contributed by atoms with Crippen molar-refractivity contribution in [2.75, 3.05) is 18.4 Å². The fourth-order valence-corrected chi connectivity index (χ4v) is 4.11. The molecule has 0 saturated heterocycles. The molecule has 0 bridgehead atoms. The summed E-state index contributed by atoms with van der Waals surface area (Å²) >= 11 is 6.23. The Hall–Kier alpha value is -2.90. The quantitative estimate of drug-likeness (QED) is 0.656. The van der Waals surface area contributed by atoms with E-state index in [0.717, 1.165) is 22.9 Å². The minimum atomic E-state index is -0.648. The van der Waals surface area contributed by atoms with Crippen LogP contribution in [0.1, 0.15) is 19.7 Å². The lowest BCUT2D eigenvalue weighted by molar-refractivity contribution is -0.137. The van der Waals surface area contributed by atoms with Gasteiger partial charge in [-0.3, -0.25) is 4.79 Å². The number of hydrogen-bond acceptors (Lipinski definition) is 4. The summed E-state index contributed by atoms with van der Waals surface area (Å²) in [5.41, 5.74) is 7.28. The number of benzene rings is 2. The third-order valence-corrected chi connectivity index (χ3v) is 5.65. The molecule has 156 valence electrons. The van der Waals surface area contributed by atoms with Crippen LogP contribution in [0.15, 0.2) is 48.5 Å². The number of carbonyl (C=O) groups excluding carboxylic acids is 1. The molecule has 2 aromatic carbocycles. The van der Waals surface area contributed by atoms with Gasteiger partial charge >= 0.3 is 0 Å². The van der Waals surface area contributed by atoms with Crippen molar-refractivity contribution >= 4 is 29.0 Å². The summed E-state index contributed by atoms with van der Waals surface area (Å²) in [6, 6.07) is 13.6. The van der Waals surface area contributed by atoms with E-state index in [2.05, 4.69) is 9.88 Å². The predicted octanol–water partition coefficient (Wildman–Crippen LogP) is 4.12. The molecule has 1 aromatic heterocycles. The third kappa shape index (κ3) is 3.55. The number of aromatic nitrogens is 2. The van der Waals surface area contributed by atoms with E-state index in [9.17, 15) is 9.18 Å². The first-order valence-corrected chi connectivity index (χ1v) is 10.1. The van der Waals surface area contributed by atoms with Gasteiger partial charge in [0.25, 0.3) is 0 Å². The number of amides is 1. The van der Waals surface area contributed by atoms with Gasteiger partial charge in [-0.25, -0.2) is 9.37 Å². The molecule has 2 heterocycles. The molecule has 0 saturated carbocycles. The average Bonchev–Trinajstić information content (AvgIpc) is 3.09. The summed E-state index contributed by atoms with van der Waals surface area (Å²) in [6.45, 7) is 4.94. The molecule has 0 atom stereocenters. The first-order chi connectivity index (χ1) is 14.3. The van der Waals surface area contributed by atoms with Gasteiger partial charge in [0, 0.05) is 29.4 Å². The van der Waals surface area contributed by atoms with E-state index in [-0.39, 0.29) is 18.3 Å². The van der Waals surface area contributed by atoms with E-state index in [1.807, 2.05) is 32.0 Å². The number of rotatable bonds is 4. The molecule has 3 aromatic rings. The van der Waals surface area contributed by atoms with Crippen LogP contribution in [0.5, 0.6) is 0 Å². The van der Waals surface area contributed by atoms with Gasteiger partial charge in [0.2, 0.25) is 5.91 Å². The molecule has 1 aliphatic heterocycles. The molecule has 30 heavy (non-hydrogen) atoms. The number of nitrogens with two attached hydrogens (primary N) is 1. The molecule has 0 aliphatic carbocycles. The monoisotopic (exact) mass is 427 g/mol. The highest BCUT2D eigenvalue weighted by Crippen LogP contribution is 2.39. The van der Waals surface area contributed by atoms with E-state index in [1.54, 1.807) is 23.1 Å². The van der Waals surface area contributed by atoms with Crippen LogP contribution >= 0.6 is 11.6 Å². The lowest BCUT2D eigenvalue weighted by Gasteiger charge is -2.42. The predicted molar refractivity (Wildman–Crippen MR) is 116 cm³/mol. The lowest BCUT2D eigenvalue weighted by atomic mass is 9.99. The molecule has 1 aliphatic rings. The van der Waals surface area contributed by atoms with Crippen molar-refractivity contribution in [3.63, 3.8) is 0 Å². The number of nitrogens with one attached hydrogen (secondary N) is 1. The normalized spacial score (nSPS) is 15.0. The minimum absolute atomic E-state index is 0.0496. The van der Waals surface area contributed by atoms with Crippen molar-refractivity contribution in [3.05, 3.63) is 65.2 Å². The maximum atomic E-state index is 13.4. The van der Waals surface area contributed by atoms with Gasteiger partial charge in [-0.15, -0.1) is 0 Å². The largest absolute Gasteiger partial charge is 0.340 e. The standard InChI is InChI=1S/C22H23ClFN5O/c1-22(2)21-27-19(14-4-3-5-15(23)12-14)20(26-17-8-6-16(24)7-9-17)28(21)10-11-29(22)18(30)13-25/h3-9,12,26H,10-11,13,25H2,1-2H3. The number of hydrogen-bond donors (Lipinski definition) is 2. The summed E-state index contributed by atoms with van der Waals surface area (Å²) in [6.07, 6.45) is 0. The van der Waals surface area contributed by atoms with Crippen LogP contribution in [0.2, 0.25) is 5.02 Å². The fourth-order valence-electron chi connectivity index (χ4n) is 3.92. The van der Waals surface area contributed by atoms with Crippen LogP contribution < -0.4 is 11.1 Å². The first-order valence-electron chi connectivity index (χ1n) is 9.71. The SMILES string of the molecule is CC1(C)c2nc(-c3cccc(Cl)c3)c(Nc3ccc(F)cc3)n2CCN1C(=O)CN. The maximum Gasteiger partial charge on any atom is 0.237 e. The van der Waals surface area contributed by atoms with Gasteiger partial charge in [-0.2, -0.15) is 0 Å². The topological polar surface area (TPSA) is 76.2 Å². The van der Waals surface area contributed by atoms with Crippen LogP contribution in [0.25, 0.3) is 11.3 Å². The molecular weight excluding hydrogens is 405 g/mol. The third-order valence-electron chi connectivity index (χ3n) is 5.42. The Kier molecular flexibility index (Phi) is 5.26. The molecule has 6 nitrogen and oxygen atoms in total. The van der Waals surface area contributed by atoms with Crippen LogP contribution in [0, 0.1) is 5.82 Å². The second kappa shape index (κ2) is 7.74. The summed E-state index contributed by atoms with van der Waals surface area (Å²) < 4.78 is 15.4. The Labute approximate surface area is 179 Å². The van der Waals surface area contributed by atoms with Gasteiger partial charge in [0.1, 0.15) is 23.2 Å². The van der Waals surface area contributed by atoms with Crippen LogP contribution in [0.4, 0.5) is 15.9 Å². The Morgan fingerprint density at radius 1 is 1.23 bits per heavy atom. The molecule has 0 unspecified atom stereocenters. The van der Waals surface area contributed by atoms with Crippen LogP contribution in [-0.2, 0) is 16.9 Å². The van der Waals surface area contributed by atoms with Gasteiger partial charge in [-0.05, 0) is 50.2 Å². The second-order valence-electron chi connectivity index (χ2n) is 7.74. The molecule has 4 rings (SSSR count). The average molecular weight is 428 g/mol. The van der Waals surface area contributed by atoms with Gasteiger partial charge in [0.15, 0.2) is 0 Å². The zero-order valence-corrected chi connectivity index (χ0v) is 17.6.